The highest BCUT2D eigenvalue weighted by Crippen LogP contribution is 2.38. The lowest BCUT2D eigenvalue weighted by molar-refractivity contribution is -0.135. The summed E-state index contributed by atoms with van der Waals surface area (Å²) in [6.45, 7) is -0.395. The molecule has 1 aliphatic carbocycles. The average Bonchev–Trinajstić information content (AvgIpc) is 2.90. The third-order valence-corrected chi connectivity index (χ3v) is 5.78. The lowest BCUT2D eigenvalue weighted by atomic mass is 9.73. The number of halogens is 2. The first-order valence-electron chi connectivity index (χ1n) is 9.71. The molecule has 1 saturated carbocycles. The number of imide groups is 1. The molecule has 2 unspecified atom stereocenters. The minimum absolute atomic E-state index is 0.0452. The van der Waals surface area contributed by atoms with Crippen molar-refractivity contribution in [3.8, 4) is 11.5 Å². The van der Waals surface area contributed by atoms with E-state index < -0.39 is 12.2 Å². The molecular formula is C20H27F2N3O4. The van der Waals surface area contributed by atoms with Gasteiger partial charge in [0.2, 0.25) is 0 Å². The first kappa shape index (κ1) is 21.3. The molecule has 1 aromatic carbocycles. The Morgan fingerprint density at radius 1 is 1.31 bits per heavy atom. The van der Waals surface area contributed by atoms with Crippen molar-refractivity contribution < 1.29 is 27.8 Å². The number of benzene rings is 1. The summed E-state index contributed by atoms with van der Waals surface area (Å²) in [5.74, 6) is 0.0897. The Morgan fingerprint density at radius 2 is 2.07 bits per heavy atom. The average molecular weight is 411 g/mol. The second-order valence-electron chi connectivity index (χ2n) is 7.80. The molecular weight excluding hydrogens is 384 g/mol. The van der Waals surface area contributed by atoms with Crippen LogP contribution < -0.4 is 14.8 Å². The van der Waals surface area contributed by atoms with Gasteiger partial charge in [0.1, 0.15) is 5.54 Å². The lowest BCUT2D eigenvalue weighted by Gasteiger charge is -2.37. The minimum atomic E-state index is -2.94. The maximum Gasteiger partial charge on any atom is 0.387 e. The molecule has 1 N–H and O–H groups in total. The van der Waals surface area contributed by atoms with Crippen LogP contribution in [0.15, 0.2) is 18.2 Å². The van der Waals surface area contributed by atoms with Crippen LogP contribution in [0.1, 0.15) is 38.2 Å². The van der Waals surface area contributed by atoms with Gasteiger partial charge in [0.15, 0.2) is 11.5 Å². The highest BCUT2D eigenvalue weighted by molar-refractivity contribution is 6.07. The van der Waals surface area contributed by atoms with E-state index in [-0.39, 0.29) is 36.0 Å². The SMILES string of the molecule is COc1cc(CN(C)CN2C(=O)NC3(CCCCC3C)C2=O)ccc1OC(F)F. The van der Waals surface area contributed by atoms with Crippen molar-refractivity contribution >= 4 is 11.9 Å². The van der Waals surface area contributed by atoms with Crippen molar-refractivity contribution in [3.05, 3.63) is 23.8 Å². The molecule has 2 fully saturated rings. The Hall–Kier alpha value is -2.42. The van der Waals surface area contributed by atoms with E-state index in [4.69, 9.17) is 4.74 Å². The number of hydrogen-bond acceptors (Lipinski definition) is 5. The van der Waals surface area contributed by atoms with Gasteiger partial charge < -0.3 is 14.8 Å². The van der Waals surface area contributed by atoms with E-state index in [1.165, 1.54) is 18.1 Å². The van der Waals surface area contributed by atoms with Crippen LogP contribution in [0.2, 0.25) is 0 Å². The molecule has 160 valence electrons. The molecule has 3 rings (SSSR count). The molecule has 9 heteroatoms. The number of nitrogens with zero attached hydrogens (tertiary/aromatic N) is 2. The third-order valence-electron chi connectivity index (χ3n) is 5.78. The number of amides is 3. The van der Waals surface area contributed by atoms with E-state index in [0.717, 1.165) is 24.8 Å². The molecule has 0 bridgehead atoms. The summed E-state index contributed by atoms with van der Waals surface area (Å²) in [6, 6.07) is 4.30. The Morgan fingerprint density at radius 3 is 2.72 bits per heavy atom. The molecule has 3 amide bonds. The van der Waals surface area contributed by atoms with Gasteiger partial charge in [0.05, 0.1) is 13.8 Å². The zero-order valence-corrected chi connectivity index (χ0v) is 16.9. The molecule has 1 heterocycles. The summed E-state index contributed by atoms with van der Waals surface area (Å²) < 4.78 is 34.5. The van der Waals surface area contributed by atoms with Crippen LogP contribution in [-0.4, -0.2) is 54.7 Å². The van der Waals surface area contributed by atoms with E-state index in [2.05, 4.69) is 10.1 Å². The van der Waals surface area contributed by atoms with Crippen molar-refractivity contribution in [1.82, 2.24) is 15.1 Å². The maximum absolute atomic E-state index is 13.0. The standard InChI is InChI=1S/C20H27F2N3O4/c1-13-6-4-5-9-20(13)17(26)25(19(27)23-20)12-24(2)11-14-7-8-15(29-18(21)22)16(10-14)28-3/h7-8,10,13,18H,4-6,9,11-12H2,1-3H3,(H,23,27). The summed E-state index contributed by atoms with van der Waals surface area (Å²) in [7, 11) is 3.16. The van der Waals surface area contributed by atoms with Gasteiger partial charge in [-0.05, 0) is 43.5 Å². The molecule has 0 aromatic heterocycles. The fourth-order valence-electron chi connectivity index (χ4n) is 4.23. The Labute approximate surface area is 168 Å². The normalized spacial score (nSPS) is 24.5. The molecule has 7 nitrogen and oxygen atoms in total. The molecule has 0 radical (unpaired) electrons. The van der Waals surface area contributed by atoms with Crippen LogP contribution in [0, 0.1) is 5.92 Å². The summed E-state index contributed by atoms with van der Waals surface area (Å²) in [6.07, 6.45) is 3.58. The summed E-state index contributed by atoms with van der Waals surface area (Å²) in [4.78, 5) is 28.6. The van der Waals surface area contributed by atoms with Gasteiger partial charge in [-0.2, -0.15) is 8.78 Å². The highest BCUT2D eigenvalue weighted by Gasteiger charge is 2.54. The first-order chi connectivity index (χ1) is 13.8. The number of carbonyl (C=O) groups excluding carboxylic acids is 2. The van der Waals surface area contributed by atoms with Crippen LogP contribution >= 0.6 is 0 Å². The fourth-order valence-corrected chi connectivity index (χ4v) is 4.23. The minimum Gasteiger partial charge on any atom is -0.493 e. The second kappa shape index (κ2) is 8.52. The van der Waals surface area contributed by atoms with Crippen LogP contribution in [0.25, 0.3) is 0 Å². The van der Waals surface area contributed by atoms with Gasteiger partial charge >= 0.3 is 12.6 Å². The van der Waals surface area contributed by atoms with Crippen molar-refractivity contribution in [2.45, 2.75) is 51.3 Å². The van der Waals surface area contributed by atoms with Gasteiger partial charge in [0, 0.05) is 6.54 Å². The molecule has 1 aliphatic heterocycles. The Balaban J connectivity index is 1.67. The number of nitrogens with one attached hydrogen (secondary N) is 1. The summed E-state index contributed by atoms with van der Waals surface area (Å²) >= 11 is 0. The number of urea groups is 1. The molecule has 2 aliphatic rings. The Kier molecular flexibility index (Phi) is 6.26. The first-order valence-corrected chi connectivity index (χ1v) is 9.71. The largest absolute Gasteiger partial charge is 0.493 e. The van der Waals surface area contributed by atoms with Crippen molar-refractivity contribution in [1.29, 1.82) is 0 Å². The third kappa shape index (κ3) is 4.29. The zero-order valence-electron chi connectivity index (χ0n) is 16.9. The smallest absolute Gasteiger partial charge is 0.387 e. The fraction of sp³-hybridized carbons (Fsp3) is 0.600. The predicted molar refractivity (Wildman–Crippen MR) is 102 cm³/mol. The van der Waals surface area contributed by atoms with Crippen molar-refractivity contribution in [2.75, 3.05) is 20.8 Å². The van der Waals surface area contributed by atoms with Gasteiger partial charge in [-0.15, -0.1) is 0 Å². The lowest BCUT2D eigenvalue weighted by Crippen LogP contribution is -2.54. The van der Waals surface area contributed by atoms with E-state index in [0.29, 0.717) is 13.0 Å². The van der Waals surface area contributed by atoms with E-state index in [9.17, 15) is 18.4 Å². The number of ether oxygens (including phenoxy) is 2. The maximum atomic E-state index is 13.0. The van der Waals surface area contributed by atoms with Crippen LogP contribution in [-0.2, 0) is 11.3 Å². The molecule has 2 atom stereocenters. The topological polar surface area (TPSA) is 71.1 Å². The number of methoxy groups -OCH3 is 1. The van der Waals surface area contributed by atoms with Gasteiger partial charge in [-0.25, -0.2) is 9.69 Å². The quantitative estimate of drug-likeness (QED) is 0.698. The highest BCUT2D eigenvalue weighted by atomic mass is 19.3. The molecule has 1 aromatic rings. The van der Waals surface area contributed by atoms with E-state index >= 15 is 0 Å². The molecule has 1 saturated heterocycles. The molecule has 29 heavy (non-hydrogen) atoms. The Bertz CT molecular complexity index is 776. The van der Waals surface area contributed by atoms with E-state index in [1.54, 1.807) is 19.2 Å². The van der Waals surface area contributed by atoms with Gasteiger partial charge in [-0.1, -0.05) is 25.8 Å². The predicted octanol–water partition coefficient (Wildman–Crippen LogP) is 3.19. The summed E-state index contributed by atoms with van der Waals surface area (Å²) in [5.41, 5.74) is -0.00744. The number of rotatable bonds is 7. The van der Waals surface area contributed by atoms with Crippen molar-refractivity contribution in [2.24, 2.45) is 5.92 Å². The summed E-state index contributed by atoms with van der Waals surface area (Å²) in [5, 5.41) is 2.94. The zero-order chi connectivity index (χ0) is 21.2. The van der Waals surface area contributed by atoms with Gasteiger partial charge in [-0.3, -0.25) is 9.69 Å². The number of carbonyl (C=O) groups is 2. The van der Waals surface area contributed by atoms with Crippen LogP contribution in [0.3, 0.4) is 0 Å². The number of alkyl halides is 2. The van der Waals surface area contributed by atoms with Crippen molar-refractivity contribution in [3.63, 3.8) is 0 Å². The van der Waals surface area contributed by atoms with Crippen LogP contribution in [0.5, 0.6) is 11.5 Å². The molecule has 1 spiro atoms. The second-order valence-corrected chi connectivity index (χ2v) is 7.80. The van der Waals surface area contributed by atoms with Crippen LogP contribution in [0.4, 0.5) is 13.6 Å². The van der Waals surface area contributed by atoms with E-state index in [1.807, 2.05) is 11.8 Å². The number of hydrogen-bond donors (Lipinski definition) is 1. The van der Waals surface area contributed by atoms with Gasteiger partial charge in [0.25, 0.3) is 5.91 Å². The monoisotopic (exact) mass is 411 g/mol.